The normalized spacial score (nSPS) is 25.9. The zero-order valence-corrected chi connectivity index (χ0v) is 12.4. The fourth-order valence-corrected chi connectivity index (χ4v) is 3.17. The summed E-state index contributed by atoms with van der Waals surface area (Å²) in [6.45, 7) is 9.80. The number of nitrogens with one attached hydrogen (secondary N) is 1. The van der Waals surface area contributed by atoms with Gasteiger partial charge in [0, 0.05) is 18.8 Å². The molecule has 4 nitrogen and oxygen atoms in total. The number of anilines is 1. The minimum atomic E-state index is 0.267. The van der Waals surface area contributed by atoms with Gasteiger partial charge in [0.15, 0.2) is 0 Å². The third-order valence-corrected chi connectivity index (χ3v) is 3.60. The van der Waals surface area contributed by atoms with Crippen LogP contribution in [-0.2, 0) is 0 Å². The highest BCUT2D eigenvalue weighted by atomic mass is 16.5. The van der Waals surface area contributed by atoms with Crippen LogP contribution in [0.1, 0.15) is 47.0 Å². The van der Waals surface area contributed by atoms with E-state index in [1.165, 1.54) is 6.42 Å². The van der Waals surface area contributed by atoms with Crippen molar-refractivity contribution in [3.05, 3.63) is 12.3 Å². The van der Waals surface area contributed by atoms with Gasteiger partial charge in [-0.1, -0.05) is 20.8 Å². The van der Waals surface area contributed by atoms with Gasteiger partial charge in [0.2, 0.25) is 11.8 Å². The van der Waals surface area contributed by atoms with Gasteiger partial charge in [0.25, 0.3) is 0 Å². The highest BCUT2D eigenvalue weighted by Crippen LogP contribution is 2.39. The molecule has 19 heavy (non-hydrogen) atoms. The standard InChI is InChI=1S/C15H25N3O/c1-5-16-14-17-7-6-13(18-14)19-12-8-11(2)9-15(3,4)10-12/h6-7,11-12H,5,8-10H2,1-4H3,(H,16,17,18). The second-order valence-corrected chi connectivity index (χ2v) is 6.40. The molecule has 4 heteroatoms. The maximum absolute atomic E-state index is 6.06. The van der Waals surface area contributed by atoms with E-state index in [0.717, 1.165) is 19.4 Å². The first-order chi connectivity index (χ1) is 8.98. The molecule has 0 spiro atoms. The molecule has 1 saturated carbocycles. The molecule has 0 radical (unpaired) electrons. The summed E-state index contributed by atoms with van der Waals surface area (Å²) in [5, 5.41) is 3.11. The summed E-state index contributed by atoms with van der Waals surface area (Å²) in [6.07, 6.45) is 5.50. The Bertz CT molecular complexity index is 420. The number of aromatic nitrogens is 2. The Morgan fingerprint density at radius 1 is 1.42 bits per heavy atom. The van der Waals surface area contributed by atoms with Crippen molar-refractivity contribution in [1.82, 2.24) is 9.97 Å². The lowest BCUT2D eigenvalue weighted by atomic mass is 9.71. The van der Waals surface area contributed by atoms with E-state index in [9.17, 15) is 0 Å². The Labute approximate surface area is 116 Å². The minimum Gasteiger partial charge on any atom is -0.474 e. The molecule has 106 valence electrons. The van der Waals surface area contributed by atoms with Crippen LogP contribution in [0.2, 0.25) is 0 Å². The summed E-state index contributed by atoms with van der Waals surface area (Å²) in [4.78, 5) is 8.55. The first-order valence-electron chi connectivity index (χ1n) is 7.22. The van der Waals surface area contributed by atoms with Crippen molar-refractivity contribution in [2.24, 2.45) is 11.3 Å². The van der Waals surface area contributed by atoms with E-state index in [4.69, 9.17) is 4.74 Å². The van der Waals surface area contributed by atoms with Gasteiger partial charge in [-0.05, 0) is 37.5 Å². The zero-order chi connectivity index (χ0) is 13.9. The van der Waals surface area contributed by atoms with Gasteiger partial charge in [-0.2, -0.15) is 4.98 Å². The van der Waals surface area contributed by atoms with Gasteiger partial charge < -0.3 is 10.1 Å². The fraction of sp³-hybridized carbons (Fsp3) is 0.733. The van der Waals surface area contributed by atoms with E-state index < -0.39 is 0 Å². The molecule has 0 amide bonds. The largest absolute Gasteiger partial charge is 0.474 e. The molecule has 1 N–H and O–H groups in total. The first-order valence-corrected chi connectivity index (χ1v) is 7.22. The van der Waals surface area contributed by atoms with E-state index >= 15 is 0 Å². The van der Waals surface area contributed by atoms with Crippen LogP contribution in [0.3, 0.4) is 0 Å². The molecule has 0 saturated heterocycles. The molecule has 1 aromatic heterocycles. The average molecular weight is 263 g/mol. The Morgan fingerprint density at radius 3 is 2.89 bits per heavy atom. The molecule has 1 fully saturated rings. The second kappa shape index (κ2) is 5.76. The number of rotatable bonds is 4. The Hall–Kier alpha value is -1.32. The van der Waals surface area contributed by atoms with Crippen LogP contribution in [0, 0.1) is 11.3 Å². The highest BCUT2D eigenvalue weighted by Gasteiger charge is 2.33. The second-order valence-electron chi connectivity index (χ2n) is 6.40. The molecular formula is C15H25N3O. The van der Waals surface area contributed by atoms with Gasteiger partial charge in [0.1, 0.15) is 6.10 Å². The fourth-order valence-electron chi connectivity index (χ4n) is 3.17. The smallest absolute Gasteiger partial charge is 0.225 e. The molecule has 0 bridgehead atoms. The summed E-state index contributed by atoms with van der Waals surface area (Å²) in [7, 11) is 0. The summed E-state index contributed by atoms with van der Waals surface area (Å²) in [5.74, 6) is 2.03. The maximum atomic E-state index is 6.06. The number of hydrogen-bond acceptors (Lipinski definition) is 4. The predicted octanol–water partition coefficient (Wildman–Crippen LogP) is 3.50. The van der Waals surface area contributed by atoms with Crippen LogP contribution in [0.15, 0.2) is 12.3 Å². The van der Waals surface area contributed by atoms with Crippen molar-refractivity contribution >= 4 is 5.95 Å². The average Bonchev–Trinajstić information content (AvgIpc) is 2.26. The topological polar surface area (TPSA) is 47.0 Å². The third kappa shape index (κ3) is 4.08. The predicted molar refractivity (Wildman–Crippen MR) is 77.4 cm³/mol. The SMILES string of the molecule is CCNc1nccc(OC2CC(C)CC(C)(C)C2)n1. The number of ether oxygens (including phenoxy) is 1. The summed E-state index contributed by atoms with van der Waals surface area (Å²) in [5.41, 5.74) is 0.361. The van der Waals surface area contributed by atoms with E-state index in [1.807, 2.05) is 13.0 Å². The lowest BCUT2D eigenvalue weighted by molar-refractivity contribution is 0.0533. The molecule has 2 unspecified atom stereocenters. The minimum absolute atomic E-state index is 0.267. The van der Waals surface area contributed by atoms with Gasteiger partial charge >= 0.3 is 0 Å². The molecule has 1 heterocycles. The molecular weight excluding hydrogens is 238 g/mol. The van der Waals surface area contributed by atoms with Crippen LogP contribution < -0.4 is 10.1 Å². The highest BCUT2D eigenvalue weighted by molar-refractivity contribution is 5.27. The van der Waals surface area contributed by atoms with Crippen LogP contribution in [0.5, 0.6) is 5.88 Å². The van der Waals surface area contributed by atoms with E-state index in [0.29, 0.717) is 23.2 Å². The van der Waals surface area contributed by atoms with Crippen LogP contribution in [0.25, 0.3) is 0 Å². The molecule has 1 aliphatic carbocycles. The molecule has 0 aromatic carbocycles. The van der Waals surface area contributed by atoms with Gasteiger partial charge in [-0.25, -0.2) is 4.98 Å². The zero-order valence-electron chi connectivity index (χ0n) is 12.4. The Morgan fingerprint density at radius 2 is 2.21 bits per heavy atom. The van der Waals surface area contributed by atoms with Crippen molar-refractivity contribution in [3.63, 3.8) is 0 Å². The van der Waals surface area contributed by atoms with Crippen molar-refractivity contribution in [2.75, 3.05) is 11.9 Å². The monoisotopic (exact) mass is 263 g/mol. The Balaban J connectivity index is 2.02. The molecule has 2 atom stereocenters. The summed E-state index contributed by atoms with van der Waals surface area (Å²) >= 11 is 0. The molecule has 1 aromatic rings. The van der Waals surface area contributed by atoms with Crippen LogP contribution >= 0.6 is 0 Å². The van der Waals surface area contributed by atoms with Gasteiger partial charge in [-0.15, -0.1) is 0 Å². The third-order valence-electron chi connectivity index (χ3n) is 3.60. The van der Waals surface area contributed by atoms with Crippen LogP contribution in [-0.4, -0.2) is 22.6 Å². The van der Waals surface area contributed by atoms with Gasteiger partial charge in [-0.3, -0.25) is 0 Å². The van der Waals surface area contributed by atoms with Crippen molar-refractivity contribution < 1.29 is 4.74 Å². The summed E-state index contributed by atoms with van der Waals surface area (Å²) in [6, 6.07) is 1.84. The lowest BCUT2D eigenvalue weighted by Gasteiger charge is -2.38. The van der Waals surface area contributed by atoms with Gasteiger partial charge in [0.05, 0.1) is 0 Å². The van der Waals surface area contributed by atoms with Crippen molar-refractivity contribution in [2.45, 2.75) is 53.1 Å². The van der Waals surface area contributed by atoms with Crippen molar-refractivity contribution in [1.29, 1.82) is 0 Å². The summed E-state index contributed by atoms with van der Waals surface area (Å²) < 4.78 is 6.06. The van der Waals surface area contributed by atoms with E-state index in [2.05, 4.69) is 36.1 Å². The molecule has 0 aliphatic heterocycles. The maximum Gasteiger partial charge on any atom is 0.225 e. The van der Waals surface area contributed by atoms with Crippen molar-refractivity contribution in [3.8, 4) is 5.88 Å². The van der Waals surface area contributed by atoms with Crippen LogP contribution in [0.4, 0.5) is 5.95 Å². The first kappa shape index (κ1) is 14.1. The number of nitrogens with zero attached hydrogens (tertiary/aromatic N) is 2. The quantitative estimate of drug-likeness (QED) is 0.903. The lowest BCUT2D eigenvalue weighted by Crippen LogP contribution is -2.34. The molecule has 1 aliphatic rings. The van der Waals surface area contributed by atoms with E-state index in [-0.39, 0.29) is 6.10 Å². The Kier molecular flexibility index (Phi) is 4.27. The molecule has 2 rings (SSSR count). The number of hydrogen-bond donors (Lipinski definition) is 1. The van der Waals surface area contributed by atoms with E-state index in [1.54, 1.807) is 6.20 Å².